The third-order valence-electron chi connectivity index (χ3n) is 5.76. The fourth-order valence-electron chi connectivity index (χ4n) is 3.85. The molecule has 0 N–H and O–H groups in total. The zero-order chi connectivity index (χ0) is 18.9. The smallest absolute Gasteiger partial charge is 0.253 e. The molecule has 0 amide bonds. The second-order valence-electron chi connectivity index (χ2n) is 8.18. The molecular weight excluding hydrogens is 335 g/mol. The maximum Gasteiger partial charge on any atom is 0.253 e. The largest absolute Gasteiger partial charge is 1.00 e. The second-order valence-corrected chi connectivity index (χ2v) is 8.18. The number of rotatable bonds is 18. The standard InChI is InChI=1S/C24H47N2.FH/c1-4-6-8-10-12-14-16-18-20-25-22-23-26(24(25)3)21-19-17-15-13-11-9-7-5-2;/h22-23H,4-21H2,1-3H3;1H/q+1;/p-1. The highest BCUT2D eigenvalue weighted by atomic mass is 19.0. The average molecular weight is 383 g/mol. The Morgan fingerprint density at radius 2 is 1.11 bits per heavy atom. The van der Waals surface area contributed by atoms with Crippen molar-refractivity contribution < 1.29 is 9.27 Å². The fourth-order valence-corrected chi connectivity index (χ4v) is 3.85. The van der Waals surface area contributed by atoms with Gasteiger partial charge in [0.15, 0.2) is 0 Å². The van der Waals surface area contributed by atoms with Gasteiger partial charge in [-0.2, -0.15) is 0 Å². The molecule has 0 bridgehead atoms. The minimum Gasteiger partial charge on any atom is -1.00 e. The predicted octanol–water partition coefficient (Wildman–Crippen LogP) is 4.37. The van der Waals surface area contributed by atoms with E-state index in [4.69, 9.17) is 0 Å². The van der Waals surface area contributed by atoms with Gasteiger partial charge in [-0.05, 0) is 25.7 Å². The minimum atomic E-state index is 0. The van der Waals surface area contributed by atoms with Crippen molar-refractivity contribution in [3.05, 3.63) is 18.2 Å². The van der Waals surface area contributed by atoms with E-state index in [2.05, 4.69) is 42.3 Å². The molecule has 0 saturated carbocycles. The van der Waals surface area contributed by atoms with Crippen molar-refractivity contribution in [1.29, 1.82) is 0 Å². The Balaban J connectivity index is 0.00000676. The highest BCUT2D eigenvalue weighted by Gasteiger charge is 2.11. The van der Waals surface area contributed by atoms with Crippen LogP contribution >= 0.6 is 0 Å². The first-order valence-electron chi connectivity index (χ1n) is 11.8. The first-order chi connectivity index (χ1) is 12.8. The molecule has 0 aliphatic carbocycles. The van der Waals surface area contributed by atoms with E-state index in [1.165, 1.54) is 122 Å². The minimum absolute atomic E-state index is 0. The van der Waals surface area contributed by atoms with Crippen LogP contribution in [-0.4, -0.2) is 4.57 Å². The third kappa shape index (κ3) is 13.0. The number of nitrogens with zero attached hydrogens (tertiary/aromatic N) is 2. The van der Waals surface area contributed by atoms with Gasteiger partial charge in [-0.15, -0.1) is 0 Å². The second kappa shape index (κ2) is 18.5. The Morgan fingerprint density at radius 3 is 1.63 bits per heavy atom. The summed E-state index contributed by atoms with van der Waals surface area (Å²) in [4.78, 5) is 0. The molecule has 160 valence electrons. The number of hydrogen-bond acceptors (Lipinski definition) is 0. The normalized spacial score (nSPS) is 10.9. The van der Waals surface area contributed by atoms with Gasteiger partial charge in [0.25, 0.3) is 5.82 Å². The number of aromatic nitrogens is 2. The van der Waals surface area contributed by atoms with Crippen molar-refractivity contribution in [3.8, 4) is 0 Å². The van der Waals surface area contributed by atoms with Gasteiger partial charge >= 0.3 is 0 Å². The molecule has 0 aliphatic rings. The quantitative estimate of drug-likeness (QED) is 0.263. The summed E-state index contributed by atoms with van der Waals surface area (Å²) in [7, 11) is 0. The highest BCUT2D eigenvalue weighted by Crippen LogP contribution is 2.10. The Morgan fingerprint density at radius 1 is 0.667 bits per heavy atom. The van der Waals surface area contributed by atoms with Crippen LogP contribution in [0.1, 0.15) is 122 Å². The molecule has 0 saturated heterocycles. The Bertz CT molecular complexity index is 391. The van der Waals surface area contributed by atoms with Gasteiger partial charge in [0.2, 0.25) is 0 Å². The summed E-state index contributed by atoms with van der Waals surface area (Å²) in [5, 5.41) is 0. The summed E-state index contributed by atoms with van der Waals surface area (Å²) in [6.45, 7) is 9.27. The lowest BCUT2D eigenvalue weighted by molar-refractivity contribution is -0.702. The SMILES string of the molecule is CCCCCCCCCCn1cc[n+](CCCCCCCCCC)c1C.[F-]. The van der Waals surface area contributed by atoms with E-state index >= 15 is 0 Å². The molecule has 2 nitrogen and oxygen atoms in total. The monoisotopic (exact) mass is 382 g/mol. The van der Waals surface area contributed by atoms with Crippen LogP contribution in [0.15, 0.2) is 12.4 Å². The van der Waals surface area contributed by atoms with Crippen molar-refractivity contribution in [3.63, 3.8) is 0 Å². The molecule has 1 aromatic heterocycles. The van der Waals surface area contributed by atoms with Gasteiger partial charge in [-0.3, -0.25) is 0 Å². The fraction of sp³-hybridized carbons (Fsp3) is 0.875. The highest BCUT2D eigenvalue weighted by molar-refractivity contribution is 4.79. The first kappa shape index (κ1) is 26.1. The molecule has 1 rings (SSSR count). The van der Waals surface area contributed by atoms with E-state index in [0.717, 1.165) is 0 Å². The van der Waals surface area contributed by atoms with E-state index in [1.807, 2.05) is 0 Å². The topological polar surface area (TPSA) is 8.81 Å². The molecule has 0 fully saturated rings. The molecule has 0 aliphatic heterocycles. The van der Waals surface area contributed by atoms with Crippen LogP contribution in [-0.2, 0) is 13.1 Å². The first-order valence-corrected chi connectivity index (χ1v) is 11.8. The zero-order valence-electron chi connectivity index (χ0n) is 18.7. The Hall–Kier alpha value is -0.860. The lowest BCUT2D eigenvalue weighted by Crippen LogP contribution is -3.00. The maximum absolute atomic E-state index is 2.46. The molecule has 0 radical (unpaired) electrons. The summed E-state index contributed by atoms with van der Waals surface area (Å²) < 4.78 is 4.92. The number of aryl methyl sites for hydroxylation is 2. The zero-order valence-corrected chi connectivity index (χ0v) is 18.7. The van der Waals surface area contributed by atoms with Gasteiger partial charge in [0, 0.05) is 6.92 Å². The van der Waals surface area contributed by atoms with Crippen LogP contribution in [0.5, 0.6) is 0 Å². The van der Waals surface area contributed by atoms with Crippen LogP contribution in [0.3, 0.4) is 0 Å². The van der Waals surface area contributed by atoms with E-state index in [0.29, 0.717) is 0 Å². The van der Waals surface area contributed by atoms with Gasteiger partial charge in [-0.25, -0.2) is 9.13 Å². The summed E-state index contributed by atoms with van der Waals surface area (Å²) >= 11 is 0. The van der Waals surface area contributed by atoms with Gasteiger partial charge in [0.05, 0.1) is 13.1 Å². The van der Waals surface area contributed by atoms with Gasteiger partial charge in [0.1, 0.15) is 12.4 Å². The van der Waals surface area contributed by atoms with Crippen LogP contribution in [0.4, 0.5) is 0 Å². The molecule has 3 heteroatoms. The Labute approximate surface area is 169 Å². The summed E-state index contributed by atoms with van der Waals surface area (Å²) in [6, 6.07) is 0. The molecular formula is C24H47FN2. The van der Waals surface area contributed by atoms with Crippen LogP contribution in [0.2, 0.25) is 0 Å². The lowest BCUT2D eigenvalue weighted by Gasteiger charge is -2.03. The van der Waals surface area contributed by atoms with Crippen molar-refractivity contribution >= 4 is 0 Å². The molecule has 0 aromatic carbocycles. The van der Waals surface area contributed by atoms with Gasteiger partial charge in [-0.1, -0.05) is 90.9 Å². The molecule has 27 heavy (non-hydrogen) atoms. The van der Waals surface area contributed by atoms with Crippen LogP contribution in [0.25, 0.3) is 0 Å². The summed E-state index contributed by atoms with van der Waals surface area (Å²) in [5.74, 6) is 1.44. The number of unbranched alkanes of at least 4 members (excludes halogenated alkanes) is 14. The molecule has 1 aromatic rings. The molecule has 0 spiro atoms. The third-order valence-corrected chi connectivity index (χ3v) is 5.76. The molecule has 0 atom stereocenters. The van der Waals surface area contributed by atoms with Crippen molar-refractivity contribution in [1.82, 2.24) is 4.57 Å². The summed E-state index contributed by atoms with van der Waals surface area (Å²) in [5.41, 5.74) is 0. The van der Waals surface area contributed by atoms with E-state index < -0.39 is 0 Å². The maximum atomic E-state index is 2.46. The Kier molecular flexibility index (Phi) is 17.9. The lowest BCUT2D eigenvalue weighted by atomic mass is 10.1. The average Bonchev–Trinajstić information content (AvgIpc) is 2.99. The van der Waals surface area contributed by atoms with Crippen LogP contribution in [0, 0.1) is 6.92 Å². The predicted molar refractivity (Wildman–Crippen MR) is 115 cm³/mol. The number of imidazole rings is 1. The van der Waals surface area contributed by atoms with E-state index in [-0.39, 0.29) is 4.70 Å². The molecule has 0 unspecified atom stereocenters. The van der Waals surface area contributed by atoms with Crippen LogP contribution < -0.4 is 9.27 Å². The van der Waals surface area contributed by atoms with E-state index in [1.54, 1.807) is 0 Å². The van der Waals surface area contributed by atoms with E-state index in [9.17, 15) is 0 Å². The number of halogens is 1. The number of hydrogen-bond donors (Lipinski definition) is 0. The van der Waals surface area contributed by atoms with Gasteiger partial charge < -0.3 is 4.70 Å². The van der Waals surface area contributed by atoms with Crippen molar-refractivity contribution in [2.24, 2.45) is 0 Å². The summed E-state index contributed by atoms with van der Waals surface area (Å²) in [6.07, 6.45) is 27.0. The van der Waals surface area contributed by atoms with Crippen molar-refractivity contribution in [2.45, 2.75) is 137 Å². The molecule has 1 heterocycles. The van der Waals surface area contributed by atoms with Crippen molar-refractivity contribution in [2.75, 3.05) is 0 Å².